The van der Waals surface area contributed by atoms with E-state index in [1.54, 1.807) is 0 Å². The molecule has 0 radical (unpaired) electrons. The van der Waals surface area contributed by atoms with E-state index < -0.39 is 29.0 Å². The molecule has 0 aliphatic rings. The number of halogens is 1. The first-order valence-corrected chi connectivity index (χ1v) is 4.80. The minimum absolute atomic E-state index is 0.0966. The fourth-order valence-electron chi connectivity index (χ4n) is 0.978. The number of hydrogen-bond donors (Lipinski definition) is 2. The number of carbonyl (C=O) groups excluding carboxylic acids is 2. The van der Waals surface area contributed by atoms with Gasteiger partial charge in [-0.1, -0.05) is 11.6 Å². The van der Waals surface area contributed by atoms with Crippen LogP contribution in [0.5, 0.6) is 0 Å². The van der Waals surface area contributed by atoms with Crippen LogP contribution in [0.3, 0.4) is 0 Å². The first kappa shape index (κ1) is 13.8. The van der Waals surface area contributed by atoms with Crippen LogP contribution in [0.2, 0.25) is 5.15 Å². The Labute approximate surface area is 105 Å². The molecular weight excluding hydrogens is 268 g/mol. The summed E-state index contributed by atoms with van der Waals surface area (Å²) in [5.74, 6) is -1.75. The van der Waals surface area contributed by atoms with Gasteiger partial charge < -0.3 is 5.73 Å². The molecule has 1 rings (SSSR count). The quantitative estimate of drug-likeness (QED) is 0.433. The van der Waals surface area contributed by atoms with Crippen LogP contribution in [0.4, 0.5) is 5.69 Å². The molecule has 0 saturated heterocycles. The number of hydroxylamine groups is 1. The molecule has 2 amide bonds. The van der Waals surface area contributed by atoms with Crippen molar-refractivity contribution in [1.29, 1.82) is 0 Å². The fraction of sp³-hybridized carbons (Fsp3) is 0.125. The van der Waals surface area contributed by atoms with E-state index in [4.69, 9.17) is 17.3 Å². The van der Waals surface area contributed by atoms with Crippen molar-refractivity contribution in [3.63, 3.8) is 0 Å². The summed E-state index contributed by atoms with van der Waals surface area (Å²) >= 11 is 5.52. The van der Waals surface area contributed by atoms with Gasteiger partial charge in [0, 0.05) is 0 Å². The van der Waals surface area contributed by atoms with Gasteiger partial charge in [0.05, 0.1) is 4.92 Å². The fourth-order valence-corrected chi connectivity index (χ4v) is 1.14. The largest absolute Gasteiger partial charge is 0.368 e. The van der Waals surface area contributed by atoms with E-state index in [2.05, 4.69) is 9.82 Å². The lowest BCUT2D eigenvalue weighted by Crippen LogP contribution is -2.29. The number of aromatic nitrogens is 1. The molecule has 0 aromatic carbocycles. The lowest BCUT2D eigenvalue weighted by Gasteiger charge is -2.04. The van der Waals surface area contributed by atoms with E-state index >= 15 is 0 Å². The van der Waals surface area contributed by atoms with Gasteiger partial charge >= 0.3 is 0 Å². The number of amides is 2. The van der Waals surface area contributed by atoms with E-state index in [0.717, 1.165) is 12.3 Å². The molecule has 3 N–H and O–H groups in total. The molecule has 96 valence electrons. The lowest BCUT2D eigenvalue weighted by molar-refractivity contribution is -0.385. The molecule has 1 aromatic rings. The van der Waals surface area contributed by atoms with Gasteiger partial charge in [-0.25, -0.2) is 10.5 Å². The van der Waals surface area contributed by atoms with Crippen molar-refractivity contribution in [3.05, 3.63) is 33.1 Å². The van der Waals surface area contributed by atoms with Gasteiger partial charge in [-0.05, 0) is 6.07 Å². The number of pyridine rings is 1. The SMILES string of the molecule is NC(=O)CONC(=O)c1cc(Cl)ncc1[N+](=O)[O-]. The maximum Gasteiger partial charge on any atom is 0.300 e. The third-order valence-electron chi connectivity index (χ3n) is 1.67. The van der Waals surface area contributed by atoms with Crippen LogP contribution in [0.1, 0.15) is 10.4 Å². The Kier molecular flexibility index (Phi) is 4.52. The van der Waals surface area contributed by atoms with E-state index in [1.165, 1.54) is 0 Å². The normalized spacial score (nSPS) is 9.83. The van der Waals surface area contributed by atoms with Gasteiger partial charge in [-0.15, -0.1) is 0 Å². The highest BCUT2D eigenvalue weighted by atomic mass is 35.5. The van der Waals surface area contributed by atoms with Crippen molar-refractivity contribution >= 4 is 29.1 Å². The van der Waals surface area contributed by atoms with Crippen molar-refractivity contribution in [1.82, 2.24) is 10.5 Å². The summed E-state index contributed by atoms with van der Waals surface area (Å²) in [6.07, 6.45) is 0.839. The van der Waals surface area contributed by atoms with Crippen LogP contribution in [-0.2, 0) is 9.63 Å². The van der Waals surface area contributed by atoms with E-state index in [0.29, 0.717) is 0 Å². The second kappa shape index (κ2) is 5.89. The number of nitrogens with two attached hydrogens (primary N) is 1. The molecule has 0 bridgehead atoms. The second-order valence-corrected chi connectivity index (χ2v) is 3.35. The smallest absolute Gasteiger partial charge is 0.300 e. The molecule has 0 saturated carbocycles. The van der Waals surface area contributed by atoms with Crippen LogP contribution in [0, 0.1) is 10.1 Å². The number of rotatable bonds is 5. The standard InChI is InChI=1S/C8H7ClN4O5/c9-6-1-4(5(2-11-6)13(16)17)8(15)12-18-3-7(10)14/h1-2H,3H2,(H2,10,14)(H,12,15). The van der Waals surface area contributed by atoms with Gasteiger partial charge in [0.2, 0.25) is 5.91 Å². The van der Waals surface area contributed by atoms with Crippen LogP contribution >= 0.6 is 11.6 Å². The van der Waals surface area contributed by atoms with E-state index in [-0.39, 0.29) is 10.7 Å². The van der Waals surface area contributed by atoms with Crippen molar-refractivity contribution < 1.29 is 19.3 Å². The van der Waals surface area contributed by atoms with Crippen LogP contribution in [0.15, 0.2) is 12.3 Å². The van der Waals surface area contributed by atoms with Crippen molar-refractivity contribution in [2.24, 2.45) is 5.73 Å². The maximum atomic E-state index is 11.5. The molecule has 0 spiro atoms. The lowest BCUT2D eigenvalue weighted by atomic mass is 10.2. The maximum absolute atomic E-state index is 11.5. The van der Waals surface area contributed by atoms with E-state index in [9.17, 15) is 19.7 Å². The van der Waals surface area contributed by atoms with Crippen LogP contribution < -0.4 is 11.2 Å². The topological polar surface area (TPSA) is 137 Å². The molecule has 0 aliphatic carbocycles. The highest BCUT2D eigenvalue weighted by Gasteiger charge is 2.21. The summed E-state index contributed by atoms with van der Waals surface area (Å²) in [6.45, 7) is -0.557. The summed E-state index contributed by atoms with van der Waals surface area (Å²) in [4.78, 5) is 39.6. The minimum Gasteiger partial charge on any atom is -0.368 e. The Balaban J connectivity index is 2.87. The predicted molar refractivity (Wildman–Crippen MR) is 58.5 cm³/mol. The molecule has 0 fully saturated rings. The zero-order valence-electron chi connectivity index (χ0n) is 8.75. The number of nitro groups is 1. The summed E-state index contributed by atoms with van der Waals surface area (Å²) in [6, 6.07) is 1.00. The number of nitrogens with one attached hydrogen (secondary N) is 1. The predicted octanol–water partition coefficient (Wildman–Crippen LogP) is -0.210. The van der Waals surface area contributed by atoms with Gasteiger partial charge in [0.1, 0.15) is 16.9 Å². The molecule has 0 atom stereocenters. The molecule has 1 heterocycles. The van der Waals surface area contributed by atoms with Crippen LogP contribution in [0.25, 0.3) is 0 Å². The molecule has 9 nitrogen and oxygen atoms in total. The zero-order chi connectivity index (χ0) is 13.7. The van der Waals surface area contributed by atoms with Gasteiger partial charge in [-0.3, -0.25) is 24.5 Å². The van der Waals surface area contributed by atoms with E-state index in [1.807, 2.05) is 5.48 Å². The molecule has 10 heteroatoms. The Bertz CT molecular complexity index is 506. The van der Waals surface area contributed by atoms with Crippen molar-refractivity contribution in [2.45, 2.75) is 0 Å². The number of nitrogens with zero attached hydrogens (tertiary/aromatic N) is 2. The van der Waals surface area contributed by atoms with Crippen molar-refractivity contribution in [2.75, 3.05) is 6.61 Å². The first-order chi connectivity index (χ1) is 8.41. The van der Waals surface area contributed by atoms with Gasteiger partial charge in [-0.2, -0.15) is 0 Å². The summed E-state index contributed by atoms with van der Waals surface area (Å²) in [7, 11) is 0. The highest BCUT2D eigenvalue weighted by Crippen LogP contribution is 2.19. The molecular formula is C8H7ClN4O5. The summed E-state index contributed by atoms with van der Waals surface area (Å²) in [5, 5.41) is 10.6. The molecule has 1 aromatic heterocycles. The molecule has 18 heavy (non-hydrogen) atoms. The van der Waals surface area contributed by atoms with Crippen LogP contribution in [-0.4, -0.2) is 28.3 Å². The number of carbonyl (C=O) groups is 2. The Morgan fingerprint density at radius 1 is 1.61 bits per heavy atom. The third kappa shape index (κ3) is 3.64. The Morgan fingerprint density at radius 2 is 2.28 bits per heavy atom. The van der Waals surface area contributed by atoms with Gasteiger partial charge in [0.15, 0.2) is 6.61 Å². The van der Waals surface area contributed by atoms with Crippen molar-refractivity contribution in [3.8, 4) is 0 Å². The summed E-state index contributed by atoms with van der Waals surface area (Å²) in [5.41, 5.74) is 5.70. The minimum atomic E-state index is -0.938. The second-order valence-electron chi connectivity index (χ2n) is 2.97. The zero-order valence-corrected chi connectivity index (χ0v) is 9.51. The highest BCUT2D eigenvalue weighted by molar-refractivity contribution is 6.29. The summed E-state index contributed by atoms with van der Waals surface area (Å²) < 4.78 is 0. The monoisotopic (exact) mass is 274 g/mol. The number of primary amides is 1. The molecule has 0 unspecified atom stereocenters. The third-order valence-corrected chi connectivity index (χ3v) is 1.88. The molecule has 0 aliphatic heterocycles. The average Bonchev–Trinajstić information content (AvgIpc) is 2.27. The number of hydrogen-bond acceptors (Lipinski definition) is 6. The first-order valence-electron chi connectivity index (χ1n) is 4.42. The Morgan fingerprint density at radius 3 is 2.83 bits per heavy atom. The Hall–Kier alpha value is -2.26. The average molecular weight is 275 g/mol. The van der Waals surface area contributed by atoms with Gasteiger partial charge in [0.25, 0.3) is 11.6 Å².